The van der Waals surface area contributed by atoms with Crippen LogP contribution in [0.2, 0.25) is 0 Å². The molecule has 2 N–H and O–H groups in total. The van der Waals surface area contributed by atoms with Crippen LogP contribution >= 0.6 is 0 Å². The second kappa shape index (κ2) is 16.8. The van der Waals surface area contributed by atoms with Crippen LogP contribution in [0.5, 0.6) is 11.5 Å². The number of benzene rings is 4. The molecule has 0 bridgehead atoms. The number of carbonyl (C=O) groups is 2. The van der Waals surface area contributed by atoms with Gasteiger partial charge in [0, 0.05) is 41.3 Å². The number of ether oxygens (including phenoxy) is 2. The topological polar surface area (TPSA) is 163 Å². The predicted molar refractivity (Wildman–Crippen MR) is 199 cm³/mol. The number of carboxylic acids is 1. The normalized spacial score (nSPS) is 13.2. The van der Waals surface area contributed by atoms with Crippen LogP contribution in [0.1, 0.15) is 35.2 Å². The molecule has 4 aromatic carbocycles. The Morgan fingerprint density at radius 3 is 1.64 bits per heavy atom. The Morgan fingerprint density at radius 1 is 0.764 bits per heavy atom. The highest BCUT2D eigenvalue weighted by Crippen LogP contribution is 2.32. The molecule has 7 rings (SSSR count). The van der Waals surface area contributed by atoms with Crippen molar-refractivity contribution in [3.63, 3.8) is 0 Å². The number of hydrogen-bond donors (Lipinski definition) is 2. The summed E-state index contributed by atoms with van der Waals surface area (Å²) in [5.74, 6) is -1.57. The Hall–Kier alpha value is -5.65. The summed E-state index contributed by atoms with van der Waals surface area (Å²) in [6.45, 7) is 0.667. The van der Waals surface area contributed by atoms with Crippen LogP contribution in [0.3, 0.4) is 0 Å². The molecule has 1 fully saturated rings. The minimum absolute atomic E-state index is 0.191. The van der Waals surface area contributed by atoms with E-state index in [0.717, 1.165) is 16.7 Å². The van der Waals surface area contributed by atoms with Crippen LogP contribution in [-0.4, -0.2) is 68.6 Å². The van der Waals surface area contributed by atoms with Crippen LogP contribution < -0.4 is 14.8 Å². The fourth-order valence-electron chi connectivity index (χ4n) is 5.79. The van der Waals surface area contributed by atoms with Crippen molar-refractivity contribution >= 4 is 54.1 Å². The van der Waals surface area contributed by atoms with E-state index in [2.05, 4.69) is 5.32 Å². The number of carboxylic acid groups (broad SMARTS) is 1. The number of methoxy groups -OCH3 is 2. The molecule has 17 heteroatoms. The summed E-state index contributed by atoms with van der Waals surface area (Å²) in [5, 5.41) is 12.1. The SMILES string of the molecule is COc1ccc2c(ccn2S(=O)(=O)c2ccccc2)c1C=O.COc1ccc2c(ccn2S(=O)(=O)c2ccccc2)c1CNC1CCC1.O=C(O)C(F)(F)F. The molecule has 6 aromatic rings. The summed E-state index contributed by atoms with van der Waals surface area (Å²) in [7, 11) is -4.23. The average Bonchev–Trinajstić information content (AvgIpc) is 3.81. The number of nitrogens with one attached hydrogen (secondary N) is 1. The number of halogens is 3. The smallest absolute Gasteiger partial charge is 0.490 e. The van der Waals surface area contributed by atoms with E-state index in [1.807, 2.05) is 24.3 Å². The van der Waals surface area contributed by atoms with E-state index in [9.17, 15) is 34.8 Å². The van der Waals surface area contributed by atoms with Crippen molar-refractivity contribution in [2.45, 2.75) is 47.8 Å². The van der Waals surface area contributed by atoms with E-state index in [0.29, 0.717) is 46.6 Å². The Morgan fingerprint density at radius 2 is 1.22 bits per heavy atom. The van der Waals surface area contributed by atoms with Crippen molar-refractivity contribution in [3.05, 3.63) is 121 Å². The van der Waals surface area contributed by atoms with Gasteiger partial charge < -0.3 is 19.9 Å². The van der Waals surface area contributed by atoms with E-state index >= 15 is 0 Å². The number of fused-ring (bicyclic) bond motifs is 2. The predicted octanol–water partition coefficient (Wildman–Crippen LogP) is 6.86. The van der Waals surface area contributed by atoms with Crippen molar-refractivity contribution in [1.82, 2.24) is 13.3 Å². The monoisotopic (exact) mass is 799 g/mol. The molecule has 1 aliphatic carbocycles. The van der Waals surface area contributed by atoms with Crippen molar-refractivity contribution in [2.24, 2.45) is 0 Å². The lowest BCUT2D eigenvalue weighted by Gasteiger charge is -2.27. The third-order valence-corrected chi connectivity index (χ3v) is 12.2. The highest BCUT2D eigenvalue weighted by atomic mass is 32.2. The number of alkyl halides is 3. The van der Waals surface area contributed by atoms with Gasteiger partial charge in [-0.15, -0.1) is 0 Å². The van der Waals surface area contributed by atoms with Gasteiger partial charge >= 0.3 is 12.1 Å². The van der Waals surface area contributed by atoms with Crippen molar-refractivity contribution in [1.29, 1.82) is 0 Å². The molecule has 0 aliphatic heterocycles. The largest absolute Gasteiger partial charge is 0.496 e. The molecule has 0 unspecified atom stereocenters. The third kappa shape index (κ3) is 8.69. The quantitative estimate of drug-likeness (QED) is 0.140. The molecule has 2 aromatic heterocycles. The molecule has 0 saturated heterocycles. The maximum Gasteiger partial charge on any atom is 0.490 e. The summed E-state index contributed by atoms with van der Waals surface area (Å²) in [6.07, 6.45) is 2.31. The van der Waals surface area contributed by atoms with Gasteiger partial charge in [-0.2, -0.15) is 13.2 Å². The molecule has 290 valence electrons. The summed E-state index contributed by atoms with van der Waals surface area (Å²) in [4.78, 5) is 20.7. The number of hydrogen-bond acceptors (Lipinski definition) is 9. The fourth-order valence-corrected chi connectivity index (χ4v) is 8.53. The van der Waals surface area contributed by atoms with Crippen molar-refractivity contribution in [2.75, 3.05) is 14.2 Å². The van der Waals surface area contributed by atoms with Gasteiger partial charge in [0.2, 0.25) is 0 Å². The van der Waals surface area contributed by atoms with E-state index in [4.69, 9.17) is 19.4 Å². The van der Waals surface area contributed by atoms with Crippen LogP contribution in [0.25, 0.3) is 21.8 Å². The zero-order valence-electron chi connectivity index (χ0n) is 29.4. The molecular weight excluding hydrogens is 764 g/mol. The number of aromatic nitrogens is 2. The lowest BCUT2D eigenvalue weighted by Crippen LogP contribution is -2.34. The molecular formula is C38H36F3N3O9S2. The molecule has 0 spiro atoms. The van der Waals surface area contributed by atoms with Gasteiger partial charge in [0.25, 0.3) is 20.0 Å². The van der Waals surface area contributed by atoms with E-state index in [-0.39, 0.29) is 9.79 Å². The van der Waals surface area contributed by atoms with Gasteiger partial charge in [0.15, 0.2) is 6.29 Å². The van der Waals surface area contributed by atoms with Crippen molar-refractivity contribution < 1.29 is 54.2 Å². The second-order valence-electron chi connectivity index (χ2n) is 12.1. The van der Waals surface area contributed by atoms with Crippen LogP contribution in [0.15, 0.2) is 119 Å². The standard InChI is InChI=1S/C20H22N2O3S.C16H13NO4S.C2HF3O2/c1-25-20-11-10-19-17(18(20)14-21-15-6-5-7-15)12-13-22(19)26(23,24)16-8-3-2-4-9-16;1-21-16-8-7-15-13(14(16)11-18)9-10-17(15)22(19,20)12-5-3-2-4-6-12;3-2(4,5)1(6)7/h2-4,8-13,15,21H,5-7,14H2,1H3;2-11H,1H3;(H,6,7). The van der Waals surface area contributed by atoms with Gasteiger partial charge in [-0.3, -0.25) is 4.79 Å². The molecule has 12 nitrogen and oxygen atoms in total. The fraction of sp³-hybridized carbons (Fsp3) is 0.211. The van der Waals surface area contributed by atoms with Crippen LogP contribution in [-0.2, 0) is 31.4 Å². The molecule has 0 amide bonds. The Kier molecular flexibility index (Phi) is 12.4. The maximum absolute atomic E-state index is 13.0. The second-order valence-corrected chi connectivity index (χ2v) is 15.7. The first-order valence-corrected chi connectivity index (χ1v) is 19.5. The zero-order chi connectivity index (χ0) is 40.0. The first-order chi connectivity index (χ1) is 26.1. The number of rotatable bonds is 10. The van der Waals surface area contributed by atoms with Crippen LogP contribution in [0.4, 0.5) is 13.2 Å². The van der Waals surface area contributed by atoms with Gasteiger partial charge in [0.05, 0.1) is 40.6 Å². The number of carbonyl (C=O) groups excluding carboxylic acids is 1. The van der Waals surface area contributed by atoms with Crippen molar-refractivity contribution in [3.8, 4) is 11.5 Å². The summed E-state index contributed by atoms with van der Waals surface area (Å²) in [5.41, 5.74) is 2.44. The average molecular weight is 800 g/mol. The molecule has 55 heavy (non-hydrogen) atoms. The number of aldehydes is 1. The Balaban J connectivity index is 0.000000182. The summed E-state index contributed by atoms with van der Waals surface area (Å²) < 4.78 is 96.3. The molecule has 2 heterocycles. The Bertz CT molecular complexity index is 2520. The number of nitrogens with zero attached hydrogens (tertiary/aromatic N) is 2. The van der Waals surface area contributed by atoms with E-state index < -0.39 is 32.2 Å². The summed E-state index contributed by atoms with van der Waals surface area (Å²) in [6, 6.07) is 27.5. The maximum atomic E-state index is 13.0. The van der Waals surface area contributed by atoms with E-state index in [1.165, 1.54) is 52.6 Å². The van der Waals surface area contributed by atoms with Gasteiger partial charge in [-0.1, -0.05) is 42.8 Å². The first-order valence-electron chi connectivity index (χ1n) is 16.6. The highest BCUT2D eigenvalue weighted by molar-refractivity contribution is 7.90. The number of aliphatic carboxylic acids is 1. The molecule has 1 aliphatic rings. The zero-order valence-corrected chi connectivity index (χ0v) is 31.1. The molecule has 0 radical (unpaired) electrons. The Labute approximate surface area is 314 Å². The van der Waals surface area contributed by atoms with Gasteiger partial charge in [-0.25, -0.2) is 29.6 Å². The summed E-state index contributed by atoms with van der Waals surface area (Å²) >= 11 is 0. The molecule has 0 atom stereocenters. The first kappa shape index (κ1) is 40.5. The third-order valence-electron chi connectivity index (χ3n) is 8.82. The highest BCUT2D eigenvalue weighted by Gasteiger charge is 2.38. The lowest BCUT2D eigenvalue weighted by molar-refractivity contribution is -0.192. The van der Waals surface area contributed by atoms with Gasteiger partial charge in [-0.05, 0) is 73.5 Å². The van der Waals surface area contributed by atoms with Gasteiger partial charge in [0.1, 0.15) is 11.5 Å². The molecule has 1 saturated carbocycles. The van der Waals surface area contributed by atoms with Crippen LogP contribution in [0, 0.1) is 0 Å². The van der Waals surface area contributed by atoms with E-state index in [1.54, 1.807) is 74.0 Å². The lowest BCUT2D eigenvalue weighted by atomic mass is 9.93. The minimum atomic E-state index is -5.08. The minimum Gasteiger partial charge on any atom is -0.496 e.